The molecule has 0 bridgehead atoms. The highest BCUT2D eigenvalue weighted by Crippen LogP contribution is 2.14. The molecule has 0 aliphatic heterocycles. The fraction of sp³-hybridized carbons (Fsp3) is 0.741. The Balaban J connectivity index is 4.43. The zero-order chi connectivity index (χ0) is 46.5. The summed E-state index contributed by atoms with van der Waals surface area (Å²) in [5.74, 6) is -0.918. The maximum Gasteiger partial charge on any atom is 0.306 e. The Kier molecular flexibility index (Phi) is 49.9. The van der Waals surface area contributed by atoms with Crippen molar-refractivity contribution in [1.82, 2.24) is 0 Å². The van der Waals surface area contributed by atoms with E-state index in [-0.39, 0.29) is 31.1 Å². The molecule has 1 atom stereocenters. The summed E-state index contributed by atoms with van der Waals surface area (Å²) in [6.45, 7) is 6.47. The first-order valence-corrected chi connectivity index (χ1v) is 26.9. The van der Waals surface area contributed by atoms with Crippen molar-refractivity contribution in [2.45, 2.75) is 264 Å². The predicted molar refractivity (Wildman–Crippen MR) is 274 cm³/mol. The number of rotatable bonds is 48. The summed E-state index contributed by atoms with van der Waals surface area (Å²) in [5.41, 5.74) is 0. The average molecular weight is 893 g/mol. The number of allylic oxidation sites excluding steroid dienone is 12. The van der Waals surface area contributed by atoms with Gasteiger partial charge in [-0.3, -0.25) is 14.4 Å². The van der Waals surface area contributed by atoms with Gasteiger partial charge < -0.3 is 14.2 Å². The van der Waals surface area contributed by atoms with Gasteiger partial charge in [0.05, 0.1) is 0 Å². The number of esters is 3. The van der Waals surface area contributed by atoms with Gasteiger partial charge in [-0.1, -0.05) is 203 Å². The second kappa shape index (κ2) is 52.5. The van der Waals surface area contributed by atoms with Gasteiger partial charge in [0.25, 0.3) is 0 Å². The molecule has 64 heavy (non-hydrogen) atoms. The van der Waals surface area contributed by atoms with Gasteiger partial charge in [0.1, 0.15) is 13.2 Å². The van der Waals surface area contributed by atoms with Crippen LogP contribution in [0.1, 0.15) is 258 Å². The van der Waals surface area contributed by atoms with Gasteiger partial charge in [0.2, 0.25) is 0 Å². The minimum absolute atomic E-state index is 0.0892. The molecule has 0 aromatic rings. The Morgan fingerprint density at radius 2 is 0.609 bits per heavy atom. The summed E-state index contributed by atoms with van der Waals surface area (Å²) < 4.78 is 16.8. The summed E-state index contributed by atoms with van der Waals surface area (Å²) in [5, 5.41) is 0. The molecule has 6 heteroatoms. The van der Waals surface area contributed by atoms with E-state index in [0.717, 1.165) is 116 Å². The molecule has 0 aromatic carbocycles. The van der Waals surface area contributed by atoms with Gasteiger partial charge in [0.15, 0.2) is 6.10 Å². The van der Waals surface area contributed by atoms with Crippen LogP contribution in [0, 0.1) is 0 Å². The van der Waals surface area contributed by atoms with E-state index in [1.807, 2.05) is 0 Å². The first-order chi connectivity index (χ1) is 31.5. The molecule has 0 spiro atoms. The topological polar surface area (TPSA) is 78.9 Å². The summed E-state index contributed by atoms with van der Waals surface area (Å²) in [7, 11) is 0. The molecule has 0 aliphatic carbocycles. The maximum absolute atomic E-state index is 12.8. The largest absolute Gasteiger partial charge is 0.462 e. The molecule has 0 N–H and O–H groups in total. The lowest BCUT2D eigenvalue weighted by atomic mass is 10.1. The van der Waals surface area contributed by atoms with Crippen molar-refractivity contribution in [3.63, 3.8) is 0 Å². The number of ether oxygens (including phenoxy) is 3. The molecule has 0 saturated heterocycles. The van der Waals surface area contributed by atoms with Crippen LogP contribution >= 0.6 is 0 Å². The molecule has 0 amide bonds. The van der Waals surface area contributed by atoms with Gasteiger partial charge in [-0.25, -0.2) is 0 Å². The summed E-state index contributed by atoms with van der Waals surface area (Å²) >= 11 is 0. The van der Waals surface area contributed by atoms with Crippen molar-refractivity contribution >= 4 is 17.9 Å². The zero-order valence-electron chi connectivity index (χ0n) is 42.0. The van der Waals surface area contributed by atoms with Gasteiger partial charge in [-0.15, -0.1) is 0 Å². The number of carbonyl (C=O) groups is 3. The normalized spacial score (nSPS) is 12.6. The lowest BCUT2D eigenvalue weighted by Crippen LogP contribution is -2.30. The molecule has 0 heterocycles. The predicted octanol–water partition coefficient (Wildman–Crippen LogP) is 17.8. The monoisotopic (exact) mass is 893 g/mol. The van der Waals surface area contributed by atoms with E-state index >= 15 is 0 Å². The molecule has 0 rings (SSSR count). The summed E-state index contributed by atoms with van der Waals surface area (Å²) in [6, 6.07) is 0. The molecule has 0 saturated carbocycles. The number of unbranched alkanes of at least 4 members (excludes halogenated alkanes) is 25. The fourth-order valence-corrected chi connectivity index (χ4v) is 7.36. The Bertz CT molecular complexity index is 1210. The Morgan fingerprint density at radius 3 is 1.00 bits per heavy atom. The van der Waals surface area contributed by atoms with Crippen LogP contribution in [-0.4, -0.2) is 37.2 Å². The summed E-state index contributed by atoms with van der Waals surface area (Å²) in [6.07, 6.45) is 65.9. The van der Waals surface area contributed by atoms with E-state index in [2.05, 4.69) is 93.7 Å². The van der Waals surface area contributed by atoms with Crippen molar-refractivity contribution < 1.29 is 28.6 Å². The van der Waals surface area contributed by atoms with Crippen molar-refractivity contribution in [3.05, 3.63) is 72.9 Å². The van der Waals surface area contributed by atoms with Crippen LogP contribution in [-0.2, 0) is 28.6 Å². The molecule has 368 valence electrons. The molecule has 0 aromatic heterocycles. The molecule has 0 unspecified atom stereocenters. The second-order valence-electron chi connectivity index (χ2n) is 17.7. The first-order valence-electron chi connectivity index (χ1n) is 26.9. The zero-order valence-corrected chi connectivity index (χ0v) is 42.0. The third-order valence-electron chi connectivity index (χ3n) is 11.4. The van der Waals surface area contributed by atoms with Crippen LogP contribution in [0.4, 0.5) is 0 Å². The van der Waals surface area contributed by atoms with Crippen LogP contribution in [0.5, 0.6) is 0 Å². The van der Waals surface area contributed by atoms with E-state index in [1.54, 1.807) is 0 Å². The van der Waals surface area contributed by atoms with Crippen molar-refractivity contribution in [2.75, 3.05) is 13.2 Å². The lowest BCUT2D eigenvalue weighted by molar-refractivity contribution is -0.167. The minimum Gasteiger partial charge on any atom is -0.462 e. The van der Waals surface area contributed by atoms with Gasteiger partial charge in [-0.2, -0.15) is 0 Å². The quantitative estimate of drug-likeness (QED) is 0.0262. The van der Waals surface area contributed by atoms with Gasteiger partial charge in [-0.05, 0) is 109 Å². The van der Waals surface area contributed by atoms with Crippen LogP contribution in [0.2, 0.25) is 0 Å². The number of carbonyl (C=O) groups excluding carboxylic acids is 3. The SMILES string of the molecule is CC/C=C\C/C=C\C/C=C\CCCCCCCC(=O)O[C@H](COC(=O)CCCCCCC/C=C\CCCCCCC)COC(=O)CCCCCCCCC/C=C\C/C=C\CCCCC. The van der Waals surface area contributed by atoms with E-state index in [4.69, 9.17) is 14.2 Å². The molecular weight excluding hydrogens is 793 g/mol. The van der Waals surface area contributed by atoms with Gasteiger partial charge >= 0.3 is 17.9 Å². The van der Waals surface area contributed by atoms with Crippen LogP contribution < -0.4 is 0 Å². The molecule has 0 aliphatic rings. The summed E-state index contributed by atoms with van der Waals surface area (Å²) in [4.78, 5) is 38.0. The maximum atomic E-state index is 12.8. The smallest absolute Gasteiger partial charge is 0.306 e. The van der Waals surface area contributed by atoms with E-state index < -0.39 is 6.10 Å². The number of hydrogen-bond donors (Lipinski definition) is 0. The third-order valence-corrected chi connectivity index (χ3v) is 11.4. The molecule has 0 radical (unpaired) electrons. The van der Waals surface area contributed by atoms with Crippen molar-refractivity contribution in [1.29, 1.82) is 0 Å². The highest BCUT2D eigenvalue weighted by Gasteiger charge is 2.19. The van der Waals surface area contributed by atoms with E-state index in [1.165, 1.54) is 103 Å². The Hall–Kier alpha value is -3.15. The fourth-order valence-electron chi connectivity index (χ4n) is 7.36. The van der Waals surface area contributed by atoms with Gasteiger partial charge in [0, 0.05) is 19.3 Å². The van der Waals surface area contributed by atoms with Crippen LogP contribution in [0.15, 0.2) is 72.9 Å². The molecule has 6 nitrogen and oxygen atoms in total. The second-order valence-corrected chi connectivity index (χ2v) is 17.7. The van der Waals surface area contributed by atoms with Crippen LogP contribution in [0.25, 0.3) is 0 Å². The average Bonchev–Trinajstić information content (AvgIpc) is 3.29. The van der Waals surface area contributed by atoms with E-state index in [0.29, 0.717) is 19.3 Å². The third kappa shape index (κ3) is 49.9. The van der Waals surface area contributed by atoms with E-state index in [9.17, 15) is 14.4 Å². The highest BCUT2D eigenvalue weighted by molar-refractivity contribution is 5.71. The van der Waals surface area contributed by atoms with Crippen molar-refractivity contribution in [2.24, 2.45) is 0 Å². The number of hydrogen-bond acceptors (Lipinski definition) is 6. The Morgan fingerprint density at radius 1 is 0.328 bits per heavy atom. The van der Waals surface area contributed by atoms with Crippen LogP contribution in [0.3, 0.4) is 0 Å². The molecule has 0 fully saturated rings. The minimum atomic E-state index is -0.791. The Labute approximate surface area is 395 Å². The first kappa shape index (κ1) is 60.9. The van der Waals surface area contributed by atoms with Crippen molar-refractivity contribution in [3.8, 4) is 0 Å². The lowest BCUT2D eigenvalue weighted by Gasteiger charge is -2.18. The standard InChI is InChI=1S/C58H100O6/c1-4-7-10-13-16-19-22-25-28-29-31-33-36-39-42-45-48-51-57(60)63-54-55(53-62-56(59)50-47-44-41-38-35-32-27-24-21-18-15-12-9-6-3)64-58(61)52-49-46-43-40-37-34-30-26-23-20-17-14-11-8-5-2/h8,11,16-17,19-20,24-28,30,55H,4-7,9-10,12-15,18,21-23,29,31-54H2,1-3H3/b11-8-,19-16-,20-17-,27-24-,28-25-,30-26-/t55-/m1/s1. The molecular formula is C58H100O6. The highest BCUT2D eigenvalue weighted by atomic mass is 16.6.